The standard InChI is InChI=1S/C15H17N7O/c1-3-4-14(23)18-12-6-5-10(2)7-13(12)17-9-11(8-16)15-19-21-22-20-15/h5-7,9,17H,3-4H2,1-2H3,(H,18,23)(H,19,20,21,22). The van der Waals surface area contributed by atoms with Gasteiger partial charge in [0.05, 0.1) is 11.4 Å². The van der Waals surface area contributed by atoms with E-state index in [2.05, 4.69) is 31.3 Å². The molecule has 3 N–H and O–H groups in total. The molecule has 1 amide bonds. The van der Waals surface area contributed by atoms with Crippen LogP contribution in [0.3, 0.4) is 0 Å². The van der Waals surface area contributed by atoms with Gasteiger partial charge in [-0.25, -0.2) is 0 Å². The van der Waals surface area contributed by atoms with Gasteiger partial charge in [-0.3, -0.25) is 4.79 Å². The fraction of sp³-hybridized carbons (Fsp3) is 0.267. The van der Waals surface area contributed by atoms with Crippen molar-refractivity contribution in [2.45, 2.75) is 26.7 Å². The van der Waals surface area contributed by atoms with Gasteiger partial charge in [0.2, 0.25) is 11.7 Å². The maximum atomic E-state index is 11.8. The van der Waals surface area contributed by atoms with Crippen molar-refractivity contribution in [3.05, 3.63) is 35.8 Å². The van der Waals surface area contributed by atoms with Crippen molar-refractivity contribution in [2.24, 2.45) is 0 Å². The van der Waals surface area contributed by atoms with Gasteiger partial charge in [-0.1, -0.05) is 13.0 Å². The molecule has 0 bridgehead atoms. The van der Waals surface area contributed by atoms with E-state index >= 15 is 0 Å². The summed E-state index contributed by atoms with van der Waals surface area (Å²) < 4.78 is 0. The first-order chi connectivity index (χ1) is 11.1. The lowest BCUT2D eigenvalue weighted by Crippen LogP contribution is -2.12. The maximum absolute atomic E-state index is 11.8. The number of nitrogens with zero attached hydrogens (tertiary/aromatic N) is 4. The highest BCUT2D eigenvalue weighted by Crippen LogP contribution is 2.24. The third-order valence-corrected chi connectivity index (χ3v) is 3.00. The Kier molecular flexibility index (Phi) is 5.41. The molecule has 0 saturated carbocycles. The molecule has 1 aromatic carbocycles. The molecule has 2 aromatic rings. The molecule has 118 valence electrons. The van der Waals surface area contributed by atoms with Gasteiger partial charge in [-0.15, -0.1) is 10.2 Å². The summed E-state index contributed by atoms with van der Waals surface area (Å²) in [6.07, 6.45) is 2.71. The summed E-state index contributed by atoms with van der Waals surface area (Å²) in [5.74, 6) is 0.145. The van der Waals surface area contributed by atoms with Crippen molar-refractivity contribution in [2.75, 3.05) is 10.6 Å². The number of aromatic nitrogens is 4. The molecule has 1 aromatic heterocycles. The molecule has 0 spiro atoms. The summed E-state index contributed by atoms with van der Waals surface area (Å²) in [4.78, 5) is 11.8. The highest BCUT2D eigenvalue weighted by molar-refractivity contribution is 5.94. The fourth-order valence-corrected chi connectivity index (χ4v) is 1.90. The zero-order chi connectivity index (χ0) is 16.7. The highest BCUT2D eigenvalue weighted by atomic mass is 16.1. The van der Waals surface area contributed by atoms with Crippen molar-refractivity contribution < 1.29 is 4.79 Å². The number of amides is 1. The normalized spacial score (nSPS) is 10.9. The van der Waals surface area contributed by atoms with Crippen LogP contribution in [0.4, 0.5) is 11.4 Å². The van der Waals surface area contributed by atoms with E-state index in [1.807, 2.05) is 38.1 Å². The molecule has 0 fully saturated rings. The van der Waals surface area contributed by atoms with Crippen LogP contribution in [0.5, 0.6) is 0 Å². The Balaban J connectivity index is 2.23. The van der Waals surface area contributed by atoms with Gasteiger partial charge < -0.3 is 10.6 Å². The monoisotopic (exact) mass is 311 g/mol. The molecule has 8 nitrogen and oxygen atoms in total. The number of allylic oxidation sites excluding steroid dienone is 1. The Labute approximate surface area is 133 Å². The number of aryl methyl sites for hydroxylation is 1. The summed E-state index contributed by atoms with van der Waals surface area (Å²) in [5, 5.41) is 28.3. The number of carbonyl (C=O) groups is 1. The molecular weight excluding hydrogens is 294 g/mol. The first kappa shape index (κ1) is 16.2. The number of hydrogen-bond donors (Lipinski definition) is 3. The van der Waals surface area contributed by atoms with E-state index in [4.69, 9.17) is 5.26 Å². The summed E-state index contributed by atoms with van der Waals surface area (Å²) in [6, 6.07) is 7.60. The lowest BCUT2D eigenvalue weighted by Gasteiger charge is -2.12. The van der Waals surface area contributed by atoms with Gasteiger partial charge in [-0.05, 0) is 36.3 Å². The number of aromatic amines is 1. The maximum Gasteiger partial charge on any atom is 0.224 e. The van der Waals surface area contributed by atoms with E-state index in [9.17, 15) is 4.79 Å². The minimum absolute atomic E-state index is 0.0537. The number of rotatable bonds is 6. The molecule has 0 unspecified atom stereocenters. The number of nitriles is 1. The molecule has 0 aliphatic heterocycles. The van der Waals surface area contributed by atoms with Crippen LogP contribution >= 0.6 is 0 Å². The van der Waals surface area contributed by atoms with E-state index in [-0.39, 0.29) is 17.3 Å². The van der Waals surface area contributed by atoms with E-state index in [0.29, 0.717) is 17.8 Å². The average molecular weight is 311 g/mol. The average Bonchev–Trinajstić information content (AvgIpc) is 3.05. The quantitative estimate of drug-likeness (QED) is 0.704. The first-order valence-electron chi connectivity index (χ1n) is 7.15. The van der Waals surface area contributed by atoms with Crippen LogP contribution in [0.1, 0.15) is 31.2 Å². The molecule has 2 rings (SSSR count). The zero-order valence-corrected chi connectivity index (χ0v) is 12.9. The van der Waals surface area contributed by atoms with Crippen molar-refractivity contribution in [1.82, 2.24) is 20.6 Å². The Hall–Kier alpha value is -3.21. The van der Waals surface area contributed by atoms with Gasteiger partial charge in [0.25, 0.3) is 0 Å². The number of benzene rings is 1. The smallest absolute Gasteiger partial charge is 0.224 e. The molecule has 0 aliphatic carbocycles. The number of tetrazole rings is 1. The van der Waals surface area contributed by atoms with Gasteiger partial charge in [0.15, 0.2) is 0 Å². The summed E-state index contributed by atoms with van der Waals surface area (Å²) in [5.41, 5.74) is 2.58. The van der Waals surface area contributed by atoms with Crippen LogP contribution in [0.2, 0.25) is 0 Å². The SMILES string of the molecule is CCCC(=O)Nc1ccc(C)cc1NC=C(C#N)c1nn[nH]n1. The van der Waals surface area contributed by atoms with E-state index < -0.39 is 0 Å². The Morgan fingerprint density at radius 1 is 1.43 bits per heavy atom. The van der Waals surface area contributed by atoms with Crippen LogP contribution in [0, 0.1) is 18.3 Å². The second kappa shape index (κ2) is 7.70. The third kappa shape index (κ3) is 4.38. The van der Waals surface area contributed by atoms with Crippen LogP contribution in [0.25, 0.3) is 5.57 Å². The first-order valence-corrected chi connectivity index (χ1v) is 7.15. The van der Waals surface area contributed by atoms with Crippen LogP contribution < -0.4 is 10.6 Å². The molecule has 0 saturated heterocycles. The van der Waals surface area contributed by atoms with Crippen molar-refractivity contribution in [3.8, 4) is 6.07 Å². The van der Waals surface area contributed by atoms with Crippen molar-refractivity contribution in [1.29, 1.82) is 5.26 Å². The number of hydrogen-bond acceptors (Lipinski definition) is 6. The Morgan fingerprint density at radius 3 is 2.91 bits per heavy atom. The molecule has 0 aliphatic rings. The molecule has 8 heteroatoms. The minimum Gasteiger partial charge on any atom is -0.359 e. The molecule has 0 atom stereocenters. The lowest BCUT2D eigenvalue weighted by molar-refractivity contribution is -0.116. The molecule has 1 heterocycles. The van der Waals surface area contributed by atoms with Crippen molar-refractivity contribution >= 4 is 22.9 Å². The zero-order valence-electron chi connectivity index (χ0n) is 12.9. The third-order valence-electron chi connectivity index (χ3n) is 3.00. The number of anilines is 2. The lowest BCUT2D eigenvalue weighted by atomic mass is 10.1. The van der Waals surface area contributed by atoms with Gasteiger partial charge in [0.1, 0.15) is 11.6 Å². The number of carbonyl (C=O) groups excluding carboxylic acids is 1. The number of H-pyrrole nitrogens is 1. The topological polar surface area (TPSA) is 119 Å². The summed E-state index contributed by atoms with van der Waals surface area (Å²) >= 11 is 0. The summed E-state index contributed by atoms with van der Waals surface area (Å²) in [6.45, 7) is 3.89. The second-order valence-electron chi connectivity index (χ2n) is 4.90. The summed E-state index contributed by atoms with van der Waals surface area (Å²) in [7, 11) is 0. The Morgan fingerprint density at radius 2 is 2.26 bits per heavy atom. The Bertz CT molecular complexity index is 744. The van der Waals surface area contributed by atoms with Crippen LogP contribution in [-0.4, -0.2) is 26.5 Å². The fourth-order valence-electron chi connectivity index (χ4n) is 1.90. The minimum atomic E-state index is -0.0537. The molecular formula is C15H17N7O. The largest absolute Gasteiger partial charge is 0.359 e. The van der Waals surface area contributed by atoms with Gasteiger partial charge in [0, 0.05) is 12.6 Å². The van der Waals surface area contributed by atoms with E-state index in [1.165, 1.54) is 6.20 Å². The van der Waals surface area contributed by atoms with Crippen molar-refractivity contribution in [3.63, 3.8) is 0 Å². The highest BCUT2D eigenvalue weighted by Gasteiger charge is 2.08. The van der Waals surface area contributed by atoms with Crippen LogP contribution in [-0.2, 0) is 4.79 Å². The van der Waals surface area contributed by atoms with E-state index in [1.54, 1.807) is 0 Å². The van der Waals surface area contributed by atoms with Gasteiger partial charge >= 0.3 is 0 Å². The second-order valence-corrected chi connectivity index (χ2v) is 4.90. The number of nitrogens with one attached hydrogen (secondary N) is 3. The predicted octanol–water partition coefficient (Wildman–Crippen LogP) is 2.22. The predicted molar refractivity (Wildman–Crippen MR) is 86.1 cm³/mol. The van der Waals surface area contributed by atoms with Crippen LogP contribution in [0.15, 0.2) is 24.4 Å². The molecule has 23 heavy (non-hydrogen) atoms. The van der Waals surface area contributed by atoms with Gasteiger partial charge in [-0.2, -0.15) is 10.5 Å². The van der Waals surface area contributed by atoms with E-state index in [0.717, 1.165) is 12.0 Å². The molecule has 0 radical (unpaired) electrons.